The summed E-state index contributed by atoms with van der Waals surface area (Å²) >= 11 is 0. The SMILES string of the molecule is CC1CC(C)C2C=CC12. The van der Waals surface area contributed by atoms with Crippen molar-refractivity contribution in [1.82, 2.24) is 0 Å². The van der Waals surface area contributed by atoms with Crippen LogP contribution in [0.2, 0.25) is 0 Å². The van der Waals surface area contributed by atoms with E-state index in [2.05, 4.69) is 26.0 Å². The van der Waals surface area contributed by atoms with Crippen LogP contribution in [0, 0.1) is 23.7 Å². The first-order valence-corrected chi connectivity index (χ1v) is 3.97. The van der Waals surface area contributed by atoms with Crippen LogP contribution >= 0.6 is 0 Å². The molecule has 0 aromatic rings. The molecule has 4 atom stereocenters. The zero-order valence-electron chi connectivity index (χ0n) is 6.17. The minimum atomic E-state index is 0.958. The highest BCUT2D eigenvalue weighted by molar-refractivity contribution is 5.15. The van der Waals surface area contributed by atoms with Crippen molar-refractivity contribution >= 4 is 0 Å². The van der Waals surface area contributed by atoms with Gasteiger partial charge in [-0.05, 0) is 30.1 Å². The number of rotatable bonds is 0. The third-order valence-electron chi connectivity index (χ3n) is 3.06. The van der Waals surface area contributed by atoms with E-state index in [9.17, 15) is 0 Å². The van der Waals surface area contributed by atoms with Gasteiger partial charge in [-0.15, -0.1) is 0 Å². The molecule has 2 aliphatic carbocycles. The molecule has 1 fully saturated rings. The summed E-state index contributed by atoms with van der Waals surface area (Å²) in [5.41, 5.74) is 0. The van der Waals surface area contributed by atoms with Crippen LogP contribution in [0.15, 0.2) is 12.2 Å². The second-order valence-corrected chi connectivity index (χ2v) is 3.73. The smallest absolute Gasteiger partial charge is 0.0142 e. The van der Waals surface area contributed by atoms with Crippen LogP contribution in [0.25, 0.3) is 0 Å². The zero-order valence-corrected chi connectivity index (χ0v) is 6.17. The van der Waals surface area contributed by atoms with E-state index in [1.54, 1.807) is 0 Å². The molecule has 2 aliphatic rings. The first-order valence-electron chi connectivity index (χ1n) is 3.97. The van der Waals surface area contributed by atoms with Gasteiger partial charge in [0, 0.05) is 0 Å². The molecule has 2 rings (SSSR count). The Kier molecular flexibility index (Phi) is 0.992. The molecule has 0 N–H and O–H groups in total. The van der Waals surface area contributed by atoms with Crippen LogP contribution in [-0.4, -0.2) is 0 Å². The standard InChI is InChI=1S/C9H14/c1-6-5-7(2)9-4-3-8(6)9/h3-4,6-9H,5H2,1-2H3. The van der Waals surface area contributed by atoms with E-state index in [0.717, 1.165) is 23.7 Å². The molecular formula is C9H14. The lowest BCUT2D eigenvalue weighted by atomic mass is 9.79. The molecule has 9 heavy (non-hydrogen) atoms. The van der Waals surface area contributed by atoms with Crippen molar-refractivity contribution in [2.24, 2.45) is 23.7 Å². The summed E-state index contributed by atoms with van der Waals surface area (Å²) in [6.07, 6.45) is 6.22. The first kappa shape index (κ1) is 5.52. The van der Waals surface area contributed by atoms with Crippen LogP contribution in [0.3, 0.4) is 0 Å². The summed E-state index contributed by atoms with van der Waals surface area (Å²) in [5, 5.41) is 0. The summed E-state index contributed by atoms with van der Waals surface area (Å²) in [4.78, 5) is 0. The molecule has 0 heteroatoms. The van der Waals surface area contributed by atoms with Gasteiger partial charge in [-0.25, -0.2) is 0 Å². The Balaban J connectivity index is 2.17. The largest absolute Gasteiger partial charge is 0.0842 e. The Morgan fingerprint density at radius 3 is 1.67 bits per heavy atom. The van der Waals surface area contributed by atoms with Gasteiger partial charge in [-0.2, -0.15) is 0 Å². The van der Waals surface area contributed by atoms with Gasteiger partial charge in [0.05, 0.1) is 0 Å². The lowest BCUT2D eigenvalue weighted by molar-refractivity contribution is 0.386. The summed E-state index contributed by atoms with van der Waals surface area (Å²) in [5.74, 6) is 3.85. The highest BCUT2D eigenvalue weighted by atomic mass is 14.4. The van der Waals surface area contributed by atoms with Gasteiger partial charge in [0.1, 0.15) is 0 Å². The van der Waals surface area contributed by atoms with E-state index in [-0.39, 0.29) is 0 Å². The zero-order chi connectivity index (χ0) is 6.43. The molecule has 0 aliphatic heterocycles. The molecule has 4 unspecified atom stereocenters. The fraction of sp³-hybridized carbons (Fsp3) is 0.778. The third-order valence-corrected chi connectivity index (χ3v) is 3.06. The van der Waals surface area contributed by atoms with Crippen LogP contribution in [0.4, 0.5) is 0 Å². The molecule has 0 nitrogen and oxygen atoms in total. The summed E-state index contributed by atoms with van der Waals surface area (Å²) in [7, 11) is 0. The van der Waals surface area contributed by atoms with E-state index in [1.165, 1.54) is 6.42 Å². The Morgan fingerprint density at radius 1 is 1.00 bits per heavy atom. The third kappa shape index (κ3) is 0.593. The highest BCUT2D eigenvalue weighted by Gasteiger charge is 2.39. The summed E-state index contributed by atoms with van der Waals surface area (Å²) in [6.45, 7) is 4.76. The Morgan fingerprint density at radius 2 is 1.44 bits per heavy atom. The Labute approximate surface area is 57.0 Å². The van der Waals surface area contributed by atoms with Crippen molar-refractivity contribution in [1.29, 1.82) is 0 Å². The van der Waals surface area contributed by atoms with Gasteiger partial charge in [0.15, 0.2) is 0 Å². The van der Waals surface area contributed by atoms with Gasteiger partial charge in [-0.1, -0.05) is 26.0 Å². The minimum Gasteiger partial charge on any atom is -0.0842 e. The summed E-state index contributed by atoms with van der Waals surface area (Å²) in [6, 6.07) is 0. The summed E-state index contributed by atoms with van der Waals surface area (Å²) < 4.78 is 0. The first-order chi connectivity index (χ1) is 4.29. The molecule has 0 aromatic heterocycles. The van der Waals surface area contributed by atoms with Crippen molar-refractivity contribution in [3.05, 3.63) is 12.2 Å². The van der Waals surface area contributed by atoms with Gasteiger partial charge >= 0.3 is 0 Å². The van der Waals surface area contributed by atoms with Gasteiger partial charge in [-0.3, -0.25) is 0 Å². The van der Waals surface area contributed by atoms with E-state index in [1.807, 2.05) is 0 Å². The Bertz CT molecular complexity index is 130. The minimum absolute atomic E-state index is 0.958. The van der Waals surface area contributed by atoms with Gasteiger partial charge < -0.3 is 0 Å². The van der Waals surface area contributed by atoms with Gasteiger partial charge in [0.25, 0.3) is 0 Å². The fourth-order valence-corrected chi connectivity index (χ4v) is 2.41. The molecule has 0 heterocycles. The molecule has 0 bridgehead atoms. The number of fused-ring (bicyclic) bond motifs is 1. The normalized spacial score (nSPS) is 54.9. The van der Waals surface area contributed by atoms with Crippen LogP contribution in [-0.2, 0) is 0 Å². The second kappa shape index (κ2) is 1.62. The molecule has 50 valence electrons. The lowest BCUT2D eigenvalue weighted by Gasteiger charge is -2.26. The van der Waals surface area contributed by atoms with E-state index >= 15 is 0 Å². The van der Waals surface area contributed by atoms with Crippen molar-refractivity contribution in [2.75, 3.05) is 0 Å². The predicted octanol–water partition coefficient (Wildman–Crippen LogP) is 2.46. The molecule has 1 saturated carbocycles. The molecule has 0 amide bonds. The molecule has 0 spiro atoms. The van der Waals surface area contributed by atoms with Gasteiger partial charge in [0.2, 0.25) is 0 Å². The topological polar surface area (TPSA) is 0 Å². The van der Waals surface area contributed by atoms with Crippen molar-refractivity contribution in [2.45, 2.75) is 20.3 Å². The van der Waals surface area contributed by atoms with Crippen LogP contribution in [0.5, 0.6) is 0 Å². The second-order valence-electron chi connectivity index (χ2n) is 3.73. The highest BCUT2D eigenvalue weighted by Crippen LogP contribution is 2.47. The number of hydrogen-bond donors (Lipinski definition) is 0. The van der Waals surface area contributed by atoms with Crippen molar-refractivity contribution < 1.29 is 0 Å². The number of hydrogen-bond acceptors (Lipinski definition) is 0. The molecule has 0 saturated heterocycles. The van der Waals surface area contributed by atoms with E-state index in [0.29, 0.717) is 0 Å². The maximum absolute atomic E-state index is 2.39. The molecular weight excluding hydrogens is 108 g/mol. The molecule has 0 aromatic carbocycles. The average molecular weight is 122 g/mol. The maximum atomic E-state index is 2.39. The van der Waals surface area contributed by atoms with Crippen LogP contribution in [0.1, 0.15) is 20.3 Å². The maximum Gasteiger partial charge on any atom is -0.0142 e. The monoisotopic (exact) mass is 122 g/mol. The lowest BCUT2D eigenvalue weighted by Crippen LogP contribution is -2.18. The fourth-order valence-electron chi connectivity index (χ4n) is 2.41. The van der Waals surface area contributed by atoms with Crippen LogP contribution < -0.4 is 0 Å². The Hall–Kier alpha value is -0.260. The van der Waals surface area contributed by atoms with Crippen molar-refractivity contribution in [3.63, 3.8) is 0 Å². The predicted molar refractivity (Wildman–Crippen MR) is 39.1 cm³/mol. The quantitative estimate of drug-likeness (QED) is 0.433. The number of allylic oxidation sites excluding steroid dienone is 2. The average Bonchev–Trinajstić information content (AvgIpc) is 1.73. The van der Waals surface area contributed by atoms with Crippen molar-refractivity contribution in [3.8, 4) is 0 Å². The van der Waals surface area contributed by atoms with E-state index in [4.69, 9.17) is 0 Å². The van der Waals surface area contributed by atoms with E-state index < -0.39 is 0 Å². The molecule has 0 radical (unpaired) electrons.